The summed E-state index contributed by atoms with van der Waals surface area (Å²) in [6.45, 7) is 24.0. The summed E-state index contributed by atoms with van der Waals surface area (Å²) in [4.78, 5) is 0. The molecule has 2 aromatic rings. The van der Waals surface area contributed by atoms with Crippen molar-refractivity contribution in [3.05, 3.63) is 101 Å². The minimum atomic E-state index is -1.42. The molecule has 0 aliphatic carbocycles. The van der Waals surface area contributed by atoms with Crippen molar-refractivity contribution >= 4 is 27.5 Å². The van der Waals surface area contributed by atoms with Gasteiger partial charge in [0.05, 0.1) is 16.1 Å². The van der Waals surface area contributed by atoms with E-state index in [0.717, 1.165) is 49.9 Å². The number of nitrogens with zero attached hydrogens (tertiary/aromatic N) is 2. The topological polar surface area (TPSA) is 25.3 Å². The van der Waals surface area contributed by atoms with E-state index >= 15 is 0 Å². The molecular formula is C52H90N2NiSi2. The molecule has 0 fully saturated rings. The third kappa shape index (κ3) is 15.5. The first-order chi connectivity index (χ1) is 26.2. The number of allylic oxidation sites excluding steroid dienone is 2. The average molecular weight is 858 g/mol. The van der Waals surface area contributed by atoms with Gasteiger partial charge in [0.15, 0.2) is 0 Å². The summed E-state index contributed by atoms with van der Waals surface area (Å²) in [5.41, 5.74) is 26.4. The molecule has 1 heterocycles. The number of benzene rings is 2. The van der Waals surface area contributed by atoms with E-state index in [0.29, 0.717) is 0 Å². The van der Waals surface area contributed by atoms with Crippen LogP contribution in [0.4, 0.5) is 0 Å². The summed E-state index contributed by atoms with van der Waals surface area (Å²) in [7, 11) is -2.84. The van der Waals surface area contributed by atoms with Gasteiger partial charge in [-0.2, -0.15) is 0 Å². The second kappa shape index (κ2) is 28.8. The van der Waals surface area contributed by atoms with Crippen LogP contribution in [0, 0.1) is 14.9 Å². The van der Waals surface area contributed by atoms with Crippen molar-refractivity contribution in [3.63, 3.8) is 0 Å². The van der Waals surface area contributed by atoms with Crippen molar-refractivity contribution in [2.45, 2.75) is 220 Å². The summed E-state index contributed by atoms with van der Waals surface area (Å²) in [5, 5.41) is 0. The zero-order valence-electron chi connectivity index (χ0n) is 39.6. The molecule has 0 N–H and O–H groups in total. The van der Waals surface area contributed by atoms with Crippen LogP contribution in [0.1, 0.15) is 193 Å². The van der Waals surface area contributed by atoms with Crippen molar-refractivity contribution in [2.75, 3.05) is 0 Å². The predicted octanol–water partition coefficient (Wildman–Crippen LogP) is 17.6. The van der Waals surface area contributed by atoms with Crippen LogP contribution < -0.4 is 0 Å². The summed E-state index contributed by atoms with van der Waals surface area (Å²) < 4.78 is 1.72. The van der Waals surface area contributed by atoms with Crippen molar-refractivity contribution in [2.24, 2.45) is 0 Å². The molecule has 1 aliphatic heterocycles. The van der Waals surface area contributed by atoms with Gasteiger partial charge in [-0.25, -0.2) is 4.70 Å². The fourth-order valence-corrected chi connectivity index (χ4v) is 16.0. The average Bonchev–Trinajstić information content (AvgIpc) is 3.47. The van der Waals surface area contributed by atoms with Crippen LogP contribution in [0.25, 0.3) is 16.9 Å². The van der Waals surface area contributed by atoms with Gasteiger partial charge in [0, 0.05) is 22.3 Å². The summed E-state index contributed by atoms with van der Waals surface area (Å²) in [6.07, 6.45) is 19.2. The van der Waals surface area contributed by atoms with Gasteiger partial charge < -0.3 is 20.4 Å². The maximum Gasteiger partial charge on any atom is 2.00 e. The fourth-order valence-electron chi connectivity index (χ4n) is 9.39. The van der Waals surface area contributed by atoms with Gasteiger partial charge in [0.2, 0.25) is 11.4 Å². The summed E-state index contributed by atoms with van der Waals surface area (Å²) in [6, 6.07) is 25.6. The molecule has 0 spiro atoms. The number of rotatable bonds is 28. The molecule has 0 amide bonds. The van der Waals surface area contributed by atoms with Crippen molar-refractivity contribution in [3.8, 4) is 0 Å². The van der Waals surface area contributed by atoms with E-state index in [9.17, 15) is 5.53 Å². The number of unbranched alkanes of at least 4 members (excludes halogenated alkanes) is 8. The van der Waals surface area contributed by atoms with Crippen LogP contribution in [0.15, 0.2) is 47.5 Å². The molecule has 2 aromatic carbocycles. The van der Waals surface area contributed by atoms with E-state index in [1.54, 1.807) is 4.70 Å². The van der Waals surface area contributed by atoms with E-state index in [4.69, 9.17) is 0 Å². The Morgan fingerprint density at radius 1 is 0.404 bits per heavy atom. The van der Waals surface area contributed by atoms with Crippen LogP contribution in [0.2, 0.25) is 36.3 Å². The summed E-state index contributed by atoms with van der Waals surface area (Å²) >= 11 is 0. The van der Waals surface area contributed by atoms with E-state index in [1.165, 1.54) is 157 Å². The Kier molecular flexibility index (Phi) is 28.0. The fraction of sp³-hybridized carbons (Fsp3) is 0.654. The molecule has 0 bridgehead atoms. The van der Waals surface area contributed by atoms with E-state index in [-0.39, 0.29) is 31.3 Å². The molecule has 2 nitrogen and oxygen atoms in total. The number of hydrogen-bond acceptors (Lipinski definition) is 0. The van der Waals surface area contributed by atoms with E-state index < -0.39 is 16.1 Å². The first kappa shape index (κ1) is 55.4. The van der Waals surface area contributed by atoms with Gasteiger partial charge in [-0.15, -0.1) is 0 Å². The van der Waals surface area contributed by atoms with Gasteiger partial charge >= 0.3 is 16.5 Å². The Morgan fingerprint density at radius 3 is 1.11 bits per heavy atom. The van der Waals surface area contributed by atoms with Crippen LogP contribution in [-0.2, 0) is 41.4 Å². The monoisotopic (exact) mass is 857 g/mol. The van der Waals surface area contributed by atoms with Gasteiger partial charge in [0.1, 0.15) is 0 Å². The number of hydrogen-bond donors (Lipinski definition) is 0. The normalized spacial score (nSPS) is 13.2. The Hall–Kier alpha value is -1.55. The second-order valence-corrected chi connectivity index (χ2v) is 28.3. The van der Waals surface area contributed by atoms with Crippen LogP contribution >= 0.6 is 0 Å². The first-order valence-electron chi connectivity index (χ1n) is 23.4. The summed E-state index contributed by atoms with van der Waals surface area (Å²) in [5.74, 6) is 0. The quantitative estimate of drug-likeness (QED) is 0.0353. The molecule has 0 saturated carbocycles. The standard InChI is InChI=1S/C50H84N2Si2.2CH3.Ni/c1-11-21-25-26-27-28-32-48-47(31-24-14-4)50(52(51)49(48)45-35-41(29-22-12-2)33-42(36-45)30-23-13-3)46-37-43(39-53(15-5,16-6)17-7)34-44(38-46)40-54(18-8,19-9)20-10;;;/h33-38H,11-32,39-40H2,1-10H3;2*1H3;/q;2*-1;+2. The number of aryl methyl sites for hydroxylation is 2. The Balaban J connectivity index is 0.0000105. The van der Waals surface area contributed by atoms with Crippen molar-refractivity contribution in [1.82, 2.24) is 0 Å². The smallest absolute Gasteiger partial charge is 0.493 e. The van der Waals surface area contributed by atoms with E-state index in [1.807, 2.05) is 0 Å². The zero-order chi connectivity index (χ0) is 39.6. The molecule has 3 rings (SSSR count). The SMILES string of the molecule is CCCCCCCCC1=C(c2cc(CCCC)cc(CCCC)c2)[N+](=[N-])C(c2cc(C[Si](CC)(CC)CC)cc(C[Si](CC)(CC)CC)c2)=C1CCCC.[CH3-].[CH3-].[Ni+2]. The third-order valence-corrected chi connectivity index (χ3v) is 25.2. The Bertz CT molecular complexity index is 1430. The van der Waals surface area contributed by atoms with Crippen LogP contribution in [0.3, 0.4) is 0 Å². The van der Waals surface area contributed by atoms with Gasteiger partial charge in [0.25, 0.3) is 0 Å². The largest absolute Gasteiger partial charge is 2.00 e. The first-order valence-corrected chi connectivity index (χ1v) is 29.0. The molecule has 1 aliphatic rings. The van der Waals surface area contributed by atoms with E-state index in [2.05, 4.69) is 106 Å². The Labute approximate surface area is 368 Å². The van der Waals surface area contributed by atoms with Crippen LogP contribution in [0.5, 0.6) is 0 Å². The molecule has 0 unspecified atom stereocenters. The molecule has 5 heteroatoms. The van der Waals surface area contributed by atoms with Gasteiger partial charge in [-0.05, 0) is 110 Å². The molecule has 326 valence electrons. The zero-order valence-corrected chi connectivity index (χ0v) is 42.6. The predicted molar refractivity (Wildman–Crippen MR) is 260 cm³/mol. The van der Waals surface area contributed by atoms with Gasteiger partial charge in [-0.3, -0.25) is 0 Å². The third-order valence-electron chi connectivity index (χ3n) is 13.9. The molecule has 57 heavy (non-hydrogen) atoms. The molecule has 0 aromatic heterocycles. The van der Waals surface area contributed by atoms with Crippen LogP contribution in [-0.4, -0.2) is 20.8 Å². The maximum absolute atomic E-state index is 12.9. The molecule has 0 radical (unpaired) electrons. The molecule has 0 atom stereocenters. The maximum atomic E-state index is 12.9. The minimum Gasteiger partial charge on any atom is -0.493 e. The van der Waals surface area contributed by atoms with Crippen molar-refractivity contribution in [1.29, 1.82) is 0 Å². The van der Waals surface area contributed by atoms with Crippen molar-refractivity contribution < 1.29 is 21.2 Å². The minimum absolute atomic E-state index is 0. The molecular weight excluding hydrogens is 767 g/mol. The van der Waals surface area contributed by atoms with Gasteiger partial charge in [-0.1, -0.05) is 169 Å². The Morgan fingerprint density at radius 2 is 0.719 bits per heavy atom. The molecule has 0 saturated heterocycles. The second-order valence-electron chi connectivity index (χ2n) is 17.3.